The largest absolute Gasteiger partial charge is 0.373 e. The summed E-state index contributed by atoms with van der Waals surface area (Å²) in [6.45, 7) is 5.27. The summed E-state index contributed by atoms with van der Waals surface area (Å²) in [7, 11) is 0. The molecule has 0 aliphatic carbocycles. The van der Waals surface area contributed by atoms with Crippen molar-refractivity contribution in [2.75, 3.05) is 11.9 Å². The van der Waals surface area contributed by atoms with Gasteiger partial charge in [0.25, 0.3) is 5.56 Å². The zero-order valence-electron chi connectivity index (χ0n) is 17.4. The first-order valence-electron chi connectivity index (χ1n) is 10.0. The molecule has 0 radical (unpaired) electrons. The number of nitrogens with zero attached hydrogens (tertiary/aromatic N) is 1. The van der Waals surface area contributed by atoms with Gasteiger partial charge >= 0.3 is 5.69 Å². The molecule has 0 bridgehead atoms. The Labute approximate surface area is 175 Å². The van der Waals surface area contributed by atoms with Gasteiger partial charge in [-0.15, -0.1) is 0 Å². The van der Waals surface area contributed by atoms with Gasteiger partial charge in [0.2, 0.25) is 0 Å². The van der Waals surface area contributed by atoms with Gasteiger partial charge < -0.3 is 10.1 Å². The van der Waals surface area contributed by atoms with E-state index in [0.717, 1.165) is 22.2 Å². The first kappa shape index (κ1) is 21.3. The molecule has 0 aliphatic rings. The molecule has 6 nitrogen and oxygen atoms in total. The number of allylic oxidation sites excluding steroid dienone is 1. The van der Waals surface area contributed by atoms with Gasteiger partial charge in [-0.05, 0) is 42.2 Å². The highest BCUT2D eigenvalue weighted by molar-refractivity contribution is 5.57. The highest BCUT2D eigenvalue weighted by Crippen LogP contribution is 2.18. The highest BCUT2D eigenvalue weighted by atomic mass is 16.5. The Morgan fingerprint density at radius 3 is 2.60 bits per heavy atom. The number of aromatic nitrogens is 2. The van der Waals surface area contributed by atoms with Crippen LogP contribution < -0.4 is 16.6 Å². The molecule has 1 heterocycles. The first-order valence-corrected chi connectivity index (χ1v) is 10.0. The van der Waals surface area contributed by atoms with Gasteiger partial charge in [0.15, 0.2) is 0 Å². The normalized spacial score (nSPS) is 11.1. The molecule has 2 N–H and O–H groups in total. The van der Waals surface area contributed by atoms with E-state index < -0.39 is 5.69 Å². The molecule has 0 atom stereocenters. The van der Waals surface area contributed by atoms with E-state index in [1.807, 2.05) is 48.5 Å². The fourth-order valence-corrected chi connectivity index (χ4v) is 3.11. The van der Waals surface area contributed by atoms with Crippen molar-refractivity contribution < 1.29 is 4.74 Å². The zero-order chi connectivity index (χ0) is 21.3. The van der Waals surface area contributed by atoms with Crippen molar-refractivity contribution in [2.24, 2.45) is 0 Å². The summed E-state index contributed by atoms with van der Waals surface area (Å²) in [6.07, 6.45) is 4.47. The number of H-pyrrole nitrogens is 1. The Morgan fingerprint density at radius 2 is 1.87 bits per heavy atom. The Balaban J connectivity index is 1.58. The summed E-state index contributed by atoms with van der Waals surface area (Å²) in [5.74, 6) is 0.377. The first-order chi connectivity index (χ1) is 14.6. The molecule has 0 saturated carbocycles. The van der Waals surface area contributed by atoms with Crippen molar-refractivity contribution in [2.45, 2.75) is 33.4 Å². The van der Waals surface area contributed by atoms with Crippen molar-refractivity contribution in [3.8, 4) is 0 Å². The topological polar surface area (TPSA) is 76.1 Å². The van der Waals surface area contributed by atoms with Crippen LogP contribution in [0.1, 0.15) is 23.6 Å². The zero-order valence-corrected chi connectivity index (χ0v) is 17.4. The van der Waals surface area contributed by atoms with Crippen molar-refractivity contribution in [1.29, 1.82) is 0 Å². The van der Waals surface area contributed by atoms with Crippen LogP contribution in [0.5, 0.6) is 0 Å². The average molecular weight is 405 g/mol. The van der Waals surface area contributed by atoms with E-state index >= 15 is 0 Å². The fourth-order valence-electron chi connectivity index (χ4n) is 3.11. The van der Waals surface area contributed by atoms with Crippen molar-refractivity contribution >= 4 is 11.5 Å². The molecule has 0 fully saturated rings. The summed E-state index contributed by atoms with van der Waals surface area (Å²) in [6, 6.07) is 17.3. The molecular weight excluding hydrogens is 378 g/mol. The van der Waals surface area contributed by atoms with Gasteiger partial charge in [-0.1, -0.05) is 55.5 Å². The minimum Gasteiger partial charge on any atom is -0.373 e. The van der Waals surface area contributed by atoms with Crippen LogP contribution in [-0.2, 0) is 24.3 Å². The second-order valence-electron chi connectivity index (χ2n) is 7.03. The molecule has 0 saturated heterocycles. The summed E-state index contributed by atoms with van der Waals surface area (Å²) in [5.41, 5.74) is 3.55. The van der Waals surface area contributed by atoms with E-state index in [0.29, 0.717) is 19.0 Å². The number of ether oxygens (including phenoxy) is 1. The summed E-state index contributed by atoms with van der Waals surface area (Å²) in [5, 5.41) is 3.11. The highest BCUT2D eigenvalue weighted by Gasteiger charge is 2.05. The number of benzene rings is 2. The number of nitrogens with one attached hydrogen (secondary N) is 2. The van der Waals surface area contributed by atoms with E-state index in [1.54, 1.807) is 12.2 Å². The Bertz CT molecular complexity index is 1080. The number of anilines is 2. The van der Waals surface area contributed by atoms with E-state index in [4.69, 9.17) is 4.74 Å². The lowest BCUT2D eigenvalue weighted by Gasteiger charge is -2.10. The standard InChI is InChI=1S/C24H27N3O3/c1-3-20-15-21(12-11-18(20)2)25-22-16-23(28)27(24(29)26-22)13-7-8-14-30-17-19-9-5-4-6-10-19/h4-12,15-16,25H,3,13-14,17H2,1-2H3,(H,26,29)/b8-7+. The Morgan fingerprint density at radius 1 is 1.07 bits per heavy atom. The monoisotopic (exact) mass is 405 g/mol. The Hall–Kier alpha value is -3.38. The minimum atomic E-state index is -0.456. The van der Waals surface area contributed by atoms with Crippen LogP contribution in [0, 0.1) is 6.92 Å². The van der Waals surface area contributed by atoms with Gasteiger partial charge in [0, 0.05) is 18.3 Å². The third-order valence-corrected chi connectivity index (χ3v) is 4.81. The number of hydrogen-bond acceptors (Lipinski definition) is 4. The van der Waals surface area contributed by atoms with Gasteiger partial charge in [-0.3, -0.25) is 14.3 Å². The maximum Gasteiger partial charge on any atom is 0.330 e. The molecule has 30 heavy (non-hydrogen) atoms. The molecule has 6 heteroatoms. The van der Waals surface area contributed by atoms with Crippen LogP contribution in [0.3, 0.4) is 0 Å². The smallest absolute Gasteiger partial charge is 0.330 e. The van der Waals surface area contributed by atoms with E-state index in [2.05, 4.69) is 24.1 Å². The van der Waals surface area contributed by atoms with E-state index in [9.17, 15) is 9.59 Å². The second-order valence-corrected chi connectivity index (χ2v) is 7.03. The van der Waals surface area contributed by atoms with Gasteiger partial charge in [-0.25, -0.2) is 4.79 Å². The number of hydrogen-bond donors (Lipinski definition) is 2. The van der Waals surface area contributed by atoms with Crippen LogP contribution in [0.2, 0.25) is 0 Å². The average Bonchev–Trinajstić information content (AvgIpc) is 2.74. The summed E-state index contributed by atoms with van der Waals surface area (Å²) >= 11 is 0. The maximum absolute atomic E-state index is 12.4. The van der Waals surface area contributed by atoms with E-state index in [1.165, 1.54) is 17.2 Å². The molecule has 0 spiro atoms. The quantitative estimate of drug-likeness (QED) is 0.418. The van der Waals surface area contributed by atoms with Gasteiger partial charge in [-0.2, -0.15) is 0 Å². The predicted molar refractivity (Wildman–Crippen MR) is 120 cm³/mol. The van der Waals surface area contributed by atoms with Crippen LogP contribution in [0.4, 0.5) is 11.5 Å². The second kappa shape index (κ2) is 10.4. The SMILES string of the molecule is CCc1cc(Nc2cc(=O)n(C/C=C/COCc3ccccc3)c(=O)[nH]2)ccc1C. The van der Waals surface area contributed by atoms with Gasteiger partial charge in [0.1, 0.15) is 5.82 Å². The number of aromatic amines is 1. The third-order valence-electron chi connectivity index (χ3n) is 4.81. The maximum atomic E-state index is 12.4. The van der Waals surface area contributed by atoms with Crippen LogP contribution in [-0.4, -0.2) is 16.2 Å². The molecule has 0 unspecified atom stereocenters. The molecule has 156 valence electrons. The molecule has 2 aromatic carbocycles. The summed E-state index contributed by atoms with van der Waals surface area (Å²) < 4.78 is 6.71. The lowest BCUT2D eigenvalue weighted by atomic mass is 10.1. The number of rotatable bonds is 9. The van der Waals surface area contributed by atoms with Gasteiger partial charge in [0.05, 0.1) is 13.2 Å². The van der Waals surface area contributed by atoms with Crippen LogP contribution in [0.25, 0.3) is 0 Å². The van der Waals surface area contributed by atoms with Crippen molar-refractivity contribution in [1.82, 2.24) is 9.55 Å². The minimum absolute atomic E-state index is 0.188. The third kappa shape index (κ3) is 5.81. The molecule has 3 rings (SSSR count). The lowest BCUT2D eigenvalue weighted by molar-refractivity contribution is 0.148. The van der Waals surface area contributed by atoms with Crippen molar-refractivity contribution in [3.05, 3.63) is 104 Å². The Kier molecular flexibility index (Phi) is 7.40. The van der Waals surface area contributed by atoms with Crippen LogP contribution >= 0.6 is 0 Å². The molecule has 3 aromatic rings. The lowest BCUT2D eigenvalue weighted by Crippen LogP contribution is -2.34. The van der Waals surface area contributed by atoms with E-state index in [-0.39, 0.29) is 12.1 Å². The molecule has 1 aromatic heterocycles. The number of aryl methyl sites for hydroxylation is 2. The van der Waals surface area contributed by atoms with Crippen molar-refractivity contribution in [3.63, 3.8) is 0 Å². The summed E-state index contributed by atoms with van der Waals surface area (Å²) in [4.78, 5) is 27.4. The molecule has 0 amide bonds. The van der Waals surface area contributed by atoms with Crippen LogP contribution in [0.15, 0.2) is 76.3 Å². The molecule has 0 aliphatic heterocycles. The predicted octanol–water partition coefficient (Wildman–Crippen LogP) is 3.92. The molecular formula is C24H27N3O3. The fraction of sp³-hybridized carbons (Fsp3) is 0.250.